The van der Waals surface area contributed by atoms with Gasteiger partial charge in [0, 0.05) is 55.9 Å². The molecule has 1 fully saturated rings. The molecule has 6 heteroatoms. The lowest BCUT2D eigenvalue weighted by atomic mass is 10.0. The minimum atomic E-state index is 0.0543. The van der Waals surface area contributed by atoms with Gasteiger partial charge in [-0.3, -0.25) is 9.48 Å². The van der Waals surface area contributed by atoms with Crippen LogP contribution in [0.15, 0.2) is 73.1 Å². The van der Waals surface area contributed by atoms with Crippen molar-refractivity contribution < 1.29 is 4.79 Å². The van der Waals surface area contributed by atoms with Crippen LogP contribution in [-0.2, 0) is 17.8 Å². The summed E-state index contributed by atoms with van der Waals surface area (Å²) in [7, 11) is 0. The fourth-order valence-corrected chi connectivity index (χ4v) is 4.04. The molecule has 1 aromatic heterocycles. The first-order valence-corrected chi connectivity index (χ1v) is 11.2. The molecule has 0 unspecified atom stereocenters. The summed E-state index contributed by atoms with van der Waals surface area (Å²) in [6, 6.07) is 20.9. The highest BCUT2D eigenvalue weighted by Gasteiger charge is 2.19. The minimum Gasteiger partial charge on any atom is -0.371 e. The predicted octanol–water partition coefficient (Wildman–Crippen LogP) is 3.71. The third-order valence-corrected chi connectivity index (χ3v) is 5.83. The maximum Gasteiger partial charge on any atom is 0.224 e. The van der Waals surface area contributed by atoms with Crippen LogP contribution in [0.1, 0.15) is 24.8 Å². The lowest BCUT2D eigenvalue weighted by Gasteiger charge is -2.34. The maximum absolute atomic E-state index is 12.2. The Morgan fingerprint density at radius 1 is 1.00 bits per heavy atom. The number of piperidine rings is 1. The van der Waals surface area contributed by atoms with Crippen LogP contribution in [0.5, 0.6) is 0 Å². The Balaban J connectivity index is 1.17. The van der Waals surface area contributed by atoms with Crippen LogP contribution in [0.4, 0.5) is 11.4 Å². The highest BCUT2D eigenvalue weighted by Crippen LogP contribution is 2.22. The maximum atomic E-state index is 12.2. The van der Waals surface area contributed by atoms with Crippen LogP contribution >= 0.6 is 0 Å². The molecule has 3 aromatic rings. The third-order valence-electron chi connectivity index (χ3n) is 5.83. The zero-order valence-corrected chi connectivity index (χ0v) is 17.9. The topological polar surface area (TPSA) is 62.2 Å². The van der Waals surface area contributed by atoms with Crippen molar-refractivity contribution in [1.82, 2.24) is 15.1 Å². The summed E-state index contributed by atoms with van der Waals surface area (Å²) in [6.45, 7) is 3.95. The molecule has 0 bridgehead atoms. The normalized spacial score (nSPS) is 14.5. The van der Waals surface area contributed by atoms with E-state index in [1.165, 1.54) is 11.3 Å². The second-order valence-corrected chi connectivity index (χ2v) is 8.07. The van der Waals surface area contributed by atoms with E-state index in [9.17, 15) is 4.79 Å². The Kier molecular flexibility index (Phi) is 7.34. The molecule has 2 heterocycles. The Bertz CT molecular complexity index is 916. The van der Waals surface area contributed by atoms with E-state index in [4.69, 9.17) is 0 Å². The van der Waals surface area contributed by atoms with E-state index in [0.717, 1.165) is 51.1 Å². The van der Waals surface area contributed by atoms with Gasteiger partial charge < -0.3 is 15.5 Å². The molecule has 0 aliphatic carbocycles. The van der Waals surface area contributed by atoms with Crippen molar-refractivity contribution in [3.8, 4) is 0 Å². The molecule has 1 saturated heterocycles. The molecule has 2 aromatic carbocycles. The van der Waals surface area contributed by atoms with Crippen molar-refractivity contribution in [2.45, 2.75) is 38.3 Å². The Hall–Kier alpha value is -3.12. The number of hydrogen-bond acceptors (Lipinski definition) is 4. The number of amides is 1. The number of benzene rings is 2. The highest BCUT2D eigenvalue weighted by atomic mass is 16.1. The molecule has 1 aliphatic rings. The molecule has 1 aliphatic heterocycles. The van der Waals surface area contributed by atoms with Gasteiger partial charge in [-0.2, -0.15) is 5.10 Å². The molecular formula is C25H31N5O. The van der Waals surface area contributed by atoms with Gasteiger partial charge in [-0.1, -0.05) is 30.3 Å². The molecule has 0 saturated carbocycles. The lowest BCUT2D eigenvalue weighted by molar-refractivity contribution is -0.116. The molecular weight excluding hydrogens is 386 g/mol. The minimum absolute atomic E-state index is 0.0543. The first kappa shape index (κ1) is 21.1. The monoisotopic (exact) mass is 417 g/mol. The van der Waals surface area contributed by atoms with Crippen molar-refractivity contribution in [2.24, 2.45) is 0 Å². The van der Waals surface area contributed by atoms with Crippen LogP contribution in [0.2, 0.25) is 0 Å². The Morgan fingerprint density at radius 3 is 2.48 bits per heavy atom. The molecule has 31 heavy (non-hydrogen) atoms. The van der Waals surface area contributed by atoms with Gasteiger partial charge in [-0.15, -0.1) is 0 Å². The van der Waals surface area contributed by atoms with Gasteiger partial charge in [0.2, 0.25) is 5.91 Å². The Morgan fingerprint density at radius 2 is 1.77 bits per heavy atom. The molecule has 0 spiro atoms. The fourth-order valence-electron chi connectivity index (χ4n) is 4.04. The van der Waals surface area contributed by atoms with Gasteiger partial charge in [0.1, 0.15) is 0 Å². The number of rotatable bonds is 9. The number of aryl methyl sites for hydroxylation is 1. The van der Waals surface area contributed by atoms with E-state index in [-0.39, 0.29) is 5.91 Å². The first-order chi connectivity index (χ1) is 15.3. The zero-order chi connectivity index (χ0) is 21.3. The van der Waals surface area contributed by atoms with E-state index in [2.05, 4.69) is 44.9 Å². The third kappa shape index (κ3) is 6.43. The van der Waals surface area contributed by atoms with Crippen LogP contribution in [0, 0.1) is 0 Å². The van der Waals surface area contributed by atoms with Gasteiger partial charge in [0.05, 0.1) is 6.54 Å². The second-order valence-electron chi connectivity index (χ2n) is 8.07. The summed E-state index contributed by atoms with van der Waals surface area (Å²) in [5, 5.41) is 10.9. The van der Waals surface area contributed by atoms with E-state index in [1.54, 1.807) is 0 Å². The first-order valence-electron chi connectivity index (χ1n) is 11.2. The zero-order valence-electron chi connectivity index (χ0n) is 17.9. The average molecular weight is 418 g/mol. The van der Waals surface area contributed by atoms with Gasteiger partial charge in [-0.05, 0) is 55.2 Å². The molecule has 0 atom stereocenters. The molecule has 4 rings (SSSR count). The summed E-state index contributed by atoms with van der Waals surface area (Å²) in [6.07, 6.45) is 7.34. The highest BCUT2D eigenvalue weighted by molar-refractivity contribution is 5.91. The largest absolute Gasteiger partial charge is 0.371 e. The average Bonchev–Trinajstić information content (AvgIpc) is 3.33. The van der Waals surface area contributed by atoms with Crippen molar-refractivity contribution in [3.63, 3.8) is 0 Å². The molecule has 162 valence electrons. The second kappa shape index (κ2) is 10.8. The van der Waals surface area contributed by atoms with E-state index in [0.29, 0.717) is 12.5 Å². The number of nitrogens with one attached hydrogen (secondary N) is 2. The van der Waals surface area contributed by atoms with Gasteiger partial charge in [-0.25, -0.2) is 0 Å². The summed E-state index contributed by atoms with van der Waals surface area (Å²) < 4.78 is 1.96. The summed E-state index contributed by atoms with van der Waals surface area (Å²) in [5.41, 5.74) is 3.27. The molecule has 6 nitrogen and oxygen atoms in total. The number of aromatic nitrogens is 2. The van der Waals surface area contributed by atoms with Gasteiger partial charge in [0.25, 0.3) is 0 Å². The van der Waals surface area contributed by atoms with E-state index < -0.39 is 0 Å². The fraction of sp³-hybridized carbons (Fsp3) is 0.360. The quantitative estimate of drug-likeness (QED) is 0.557. The van der Waals surface area contributed by atoms with Crippen LogP contribution < -0.4 is 15.5 Å². The van der Waals surface area contributed by atoms with E-state index >= 15 is 0 Å². The Labute approximate surface area is 184 Å². The SMILES string of the molecule is O=C(CCc1ccccc1)Nc1ccc(N2CCC(NCCn3cccn3)CC2)cc1. The standard InChI is InChI=1S/C25H31N5O/c31-25(12-7-21-5-2-1-3-6-21)28-23-8-10-24(11-9-23)29-18-13-22(14-19-29)26-16-20-30-17-4-15-27-30/h1-6,8-11,15,17,22,26H,7,12-14,16,18-20H2,(H,28,31). The van der Waals surface area contributed by atoms with Gasteiger partial charge >= 0.3 is 0 Å². The van der Waals surface area contributed by atoms with Crippen molar-refractivity contribution in [2.75, 3.05) is 29.9 Å². The van der Waals surface area contributed by atoms with Crippen LogP contribution in [0.3, 0.4) is 0 Å². The summed E-state index contributed by atoms with van der Waals surface area (Å²) in [5.74, 6) is 0.0543. The lowest BCUT2D eigenvalue weighted by Crippen LogP contribution is -2.43. The number of carbonyl (C=O) groups is 1. The summed E-state index contributed by atoms with van der Waals surface area (Å²) >= 11 is 0. The van der Waals surface area contributed by atoms with Crippen LogP contribution in [0.25, 0.3) is 0 Å². The van der Waals surface area contributed by atoms with Crippen molar-refractivity contribution >= 4 is 17.3 Å². The van der Waals surface area contributed by atoms with Gasteiger partial charge in [0.15, 0.2) is 0 Å². The molecule has 1 amide bonds. The number of nitrogens with zero attached hydrogens (tertiary/aromatic N) is 3. The molecule has 0 radical (unpaired) electrons. The van der Waals surface area contributed by atoms with Crippen molar-refractivity contribution in [3.05, 3.63) is 78.6 Å². The summed E-state index contributed by atoms with van der Waals surface area (Å²) in [4.78, 5) is 14.7. The predicted molar refractivity (Wildman–Crippen MR) is 125 cm³/mol. The number of carbonyl (C=O) groups excluding carboxylic acids is 1. The van der Waals surface area contributed by atoms with Crippen LogP contribution in [-0.4, -0.2) is 41.4 Å². The number of anilines is 2. The smallest absolute Gasteiger partial charge is 0.224 e. The van der Waals surface area contributed by atoms with E-state index in [1.807, 2.05) is 53.5 Å². The van der Waals surface area contributed by atoms with Crippen molar-refractivity contribution in [1.29, 1.82) is 0 Å². The molecule has 2 N–H and O–H groups in total. The number of hydrogen-bond donors (Lipinski definition) is 2.